The number of anilines is 2. The third kappa shape index (κ3) is 3.76. The minimum atomic E-state index is -4.42. The van der Waals surface area contributed by atoms with Crippen LogP contribution in [0.2, 0.25) is 0 Å². The Kier molecular flexibility index (Phi) is 4.58. The summed E-state index contributed by atoms with van der Waals surface area (Å²) in [7, 11) is 3.81. The van der Waals surface area contributed by atoms with E-state index in [1.807, 2.05) is 11.9 Å². The summed E-state index contributed by atoms with van der Waals surface area (Å²) >= 11 is 0. The second-order valence-corrected chi connectivity index (χ2v) is 5.39. The summed E-state index contributed by atoms with van der Waals surface area (Å²) in [6, 6.07) is 2.16. The number of halogens is 3. The van der Waals surface area contributed by atoms with E-state index in [0.29, 0.717) is 0 Å². The molecule has 2 rings (SSSR count). The van der Waals surface area contributed by atoms with E-state index in [4.69, 9.17) is 5.84 Å². The third-order valence-electron chi connectivity index (χ3n) is 3.88. The molecule has 0 radical (unpaired) electrons. The summed E-state index contributed by atoms with van der Waals surface area (Å²) < 4.78 is 38.8. The van der Waals surface area contributed by atoms with Crippen molar-refractivity contribution in [1.29, 1.82) is 0 Å². The number of nitrogens with zero attached hydrogens (tertiary/aromatic N) is 3. The van der Waals surface area contributed by atoms with Gasteiger partial charge in [-0.2, -0.15) is 13.2 Å². The van der Waals surface area contributed by atoms with Crippen LogP contribution in [0, 0.1) is 0 Å². The van der Waals surface area contributed by atoms with Gasteiger partial charge >= 0.3 is 6.18 Å². The van der Waals surface area contributed by atoms with Crippen LogP contribution in [0.25, 0.3) is 0 Å². The van der Waals surface area contributed by atoms with E-state index in [1.165, 1.54) is 0 Å². The number of aromatic nitrogens is 1. The van der Waals surface area contributed by atoms with Gasteiger partial charge < -0.3 is 15.2 Å². The maximum atomic E-state index is 12.9. The van der Waals surface area contributed by atoms with Gasteiger partial charge in [-0.15, -0.1) is 0 Å². The molecule has 1 aliphatic heterocycles. The molecule has 0 aliphatic carbocycles. The topological polar surface area (TPSA) is 57.4 Å². The van der Waals surface area contributed by atoms with Gasteiger partial charge in [0, 0.05) is 13.1 Å². The van der Waals surface area contributed by atoms with Crippen molar-refractivity contribution in [1.82, 2.24) is 9.88 Å². The zero-order chi connectivity index (χ0) is 15.6. The van der Waals surface area contributed by atoms with Gasteiger partial charge in [0.15, 0.2) is 0 Å². The fraction of sp³-hybridized carbons (Fsp3) is 0.615. The lowest BCUT2D eigenvalue weighted by Gasteiger charge is -2.36. The van der Waals surface area contributed by atoms with Crippen molar-refractivity contribution >= 4 is 11.6 Å². The third-order valence-corrected chi connectivity index (χ3v) is 3.88. The van der Waals surface area contributed by atoms with Crippen LogP contribution in [0.4, 0.5) is 24.8 Å². The van der Waals surface area contributed by atoms with E-state index in [9.17, 15) is 13.2 Å². The van der Waals surface area contributed by atoms with Crippen LogP contribution >= 0.6 is 0 Å². The van der Waals surface area contributed by atoms with Crippen LogP contribution in [-0.4, -0.2) is 43.1 Å². The lowest BCUT2D eigenvalue weighted by molar-refractivity contribution is -0.137. The quantitative estimate of drug-likeness (QED) is 0.660. The first-order valence-corrected chi connectivity index (χ1v) is 6.78. The van der Waals surface area contributed by atoms with E-state index in [-0.39, 0.29) is 17.7 Å². The van der Waals surface area contributed by atoms with E-state index in [0.717, 1.165) is 38.1 Å². The van der Waals surface area contributed by atoms with Crippen LogP contribution in [0.15, 0.2) is 12.1 Å². The van der Waals surface area contributed by atoms with Gasteiger partial charge in [0.25, 0.3) is 0 Å². The van der Waals surface area contributed by atoms with Gasteiger partial charge in [-0.05, 0) is 45.1 Å². The SMILES string of the molecule is CN1CCC(N(C)c2cc(C(F)(F)F)cc(NN)n2)CC1. The normalized spacial score (nSPS) is 17.8. The summed E-state index contributed by atoms with van der Waals surface area (Å²) in [6.45, 7) is 1.85. The summed E-state index contributed by atoms with van der Waals surface area (Å²) in [4.78, 5) is 8.15. The molecule has 0 spiro atoms. The molecule has 3 N–H and O–H groups in total. The van der Waals surface area contributed by atoms with Crippen LogP contribution in [0.1, 0.15) is 18.4 Å². The Morgan fingerprint density at radius 3 is 2.48 bits per heavy atom. The number of hydrogen-bond donors (Lipinski definition) is 2. The molecule has 1 aliphatic rings. The van der Waals surface area contributed by atoms with E-state index in [2.05, 4.69) is 15.3 Å². The monoisotopic (exact) mass is 303 g/mol. The van der Waals surface area contributed by atoms with E-state index in [1.54, 1.807) is 7.05 Å². The maximum absolute atomic E-state index is 12.9. The highest BCUT2D eigenvalue weighted by atomic mass is 19.4. The first kappa shape index (κ1) is 15.8. The number of nitrogens with two attached hydrogens (primary N) is 1. The fourth-order valence-electron chi connectivity index (χ4n) is 2.50. The smallest absolute Gasteiger partial charge is 0.357 e. The molecule has 0 atom stereocenters. The van der Waals surface area contributed by atoms with Gasteiger partial charge in [-0.1, -0.05) is 0 Å². The molecule has 118 valence electrons. The Morgan fingerprint density at radius 2 is 1.95 bits per heavy atom. The molecular weight excluding hydrogens is 283 g/mol. The minimum Gasteiger partial charge on any atom is -0.357 e. The first-order chi connectivity index (χ1) is 9.81. The Hall–Kier alpha value is -1.54. The average molecular weight is 303 g/mol. The molecule has 8 heteroatoms. The summed E-state index contributed by atoms with van der Waals surface area (Å²) in [5.41, 5.74) is 1.45. The first-order valence-electron chi connectivity index (χ1n) is 6.78. The predicted octanol–water partition coefficient (Wildman–Crippen LogP) is 1.92. The molecule has 1 aromatic heterocycles. The molecule has 5 nitrogen and oxygen atoms in total. The molecule has 21 heavy (non-hydrogen) atoms. The number of hydrazine groups is 1. The van der Waals surface area contributed by atoms with Gasteiger partial charge in [0.05, 0.1) is 5.56 Å². The lowest BCUT2D eigenvalue weighted by atomic mass is 10.0. The maximum Gasteiger partial charge on any atom is 0.416 e. The molecule has 0 aromatic carbocycles. The number of pyridine rings is 1. The van der Waals surface area contributed by atoms with Gasteiger partial charge in [0.1, 0.15) is 11.6 Å². The zero-order valence-electron chi connectivity index (χ0n) is 12.1. The number of likely N-dealkylation sites (tertiary alicyclic amines) is 1. The largest absolute Gasteiger partial charge is 0.416 e. The van der Waals surface area contributed by atoms with Crippen molar-refractivity contribution in [3.05, 3.63) is 17.7 Å². The van der Waals surface area contributed by atoms with Crippen LogP contribution < -0.4 is 16.2 Å². The highest BCUT2D eigenvalue weighted by Crippen LogP contribution is 2.33. The highest BCUT2D eigenvalue weighted by Gasteiger charge is 2.32. The van der Waals surface area contributed by atoms with Crippen molar-refractivity contribution in [3.63, 3.8) is 0 Å². The van der Waals surface area contributed by atoms with Crippen molar-refractivity contribution in [2.24, 2.45) is 5.84 Å². The van der Waals surface area contributed by atoms with Crippen molar-refractivity contribution in [3.8, 4) is 0 Å². The highest BCUT2D eigenvalue weighted by molar-refractivity contribution is 5.51. The van der Waals surface area contributed by atoms with Crippen molar-refractivity contribution in [2.45, 2.75) is 25.1 Å². The number of piperidine rings is 1. The molecule has 0 bridgehead atoms. The molecule has 1 saturated heterocycles. The molecular formula is C13H20F3N5. The number of hydrogen-bond acceptors (Lipinski definition) is 5. The Bertz CT molecular complexity index is 483. The van der Waals surface area contributed by atoms with Crippen LogP contribution in [-0.2, 0) is 6.18 Å². The Balaban J connectivity index is 2.25. The van der Waals surface area contributed by atoms with Crippen LogP contribution in [0.3, 0.4) is 0 Å². The molecule has 0 unspecified atom stereocenters. The van der Waals surface area contributed by atoms with Crippen molar-refractivity contribution in [2.75, 3.05) is 37.5 Å². The number of nitrogen functional groups attached to an aromatic ring is 1. The molecule has 1 aromatic rings. The standard InChI is InChI=1S/C13H20F3N5/c1-20-5-3-10(4-6-20)21(2)12-8-9(13(14,15)16)7-11(18-12)19-17/h7-8,10H,3-6,17H2,1-2H3,(H,18,19). The molecule has 1 fully saturated rings. The van der Waals surface area contributed by atoms with Gasteiger partial charge in [0.2, 0.25) is 0 Å². The predicted molar refractivity (Wildman–Crippen MR) is 76.0 cm³/mol. The summed E-state index contributed by atoms with van der Waals surface area (Å²) in [5.74, 6) is 5.52. The fourth-order valence-corrected chi connectivity index (χ4v) is 2.50. The number of nitrogens with one attached hydrogen (secondary N) is 1. The van der Waals surface area contributed by atoms with Crippen LogP contribution in [0.5, 0.6) is 0 Å². The van der Waals surface area contributed by atoms with Crippen molar-refractivity contribution < 1.29 is 13.2 Å². The second-order valence-electron chi connectivity index (χ2n) is 5.39. The van der Waals surface area contributed by atoms with Gasteiger partial charge in [-0.3, -0.25) is 0 Å². The van der Waals surface area contributed by atoms with Gasteiger partial charge in [-0.25, -0.2) is 10.8 Å². The number of alkyl halides is 3. The van der Waals surface area contributed by atoms with E-state index < -0.39 is 11.7 Å². The Labute approximate surface area is 121 Å². The number of rotatable bonds is 3. The summed E-state index contributed by atoms with van der Waals surface area (Å²) in [6.07, 6.45) is -2.62. The van der Waals surface area contributed by atoms with E-state index >= 15 is 0 Å². The molecule has 0 amide bonds. The molecule has 0 saturated carbocycles. The zero-order valence-corrected chi connectivity index (χ0v) is 12.1. The second kappa shape index (κ2) is 6.07. The molecule has 2 heterocycles. The minimum absolute atomic E-state index is 0.0135. The average Bonchev–Trinajstić information content (AvgIpc) is 2.46. The lowest BCUT2D eigenvalue weighted by Crippen LogP contribution is -2.42. The summed E-state index contributed by atoms with van der Waals surface area (Å²) in [5, 5.41) is 0. The Morgan fingerprint density at radius 1 is 1.33 bits per heavy atom.